The summed E-state index contributed by atoms with van der Waals surface area (Å²) in [6.07, 6.45) is 4.74. The fourth-order valence-electron chi connectivity index (χ4n) is 2.30. The quantitative estimate of drug-likeness (QED) is 0.496. The zero-order chi connectivity index (χ0) is 20.0. The van der Waals surface area contributed by atoms with Crippen LogP contribution >= 0.6 is 0 Å². The Kier molecular flexibility index (Phi) is 5.81. The van der Waals surface area contributed by atoms with Crippen molar-refractivity contribution in [2.75, 3.05) is 4.72 Å². The number of nitrogens with zero attached hydrogens (tertiary/aromatic N) is 2. The van der Waals surface area contributed by atoms with Crippen LogP contribution in [0, 0.1) is 6.92 Å². The largest absolute Gasteiger partial charge is 0.280 e. The topological polar surface area (TPSA) is 101 Å². The summed E-state index contributed by atoms with van der Waals surface area (Å²) in [7, 11) is -3.69. The van der Waals surface area contributed by atoms with E-state index in [0.29, 0.717) is 11.3 Å². The highest BCUT2D eigenvalue weighted by molar-refractivity contribution is 7.92. The molecule has 0 bridgehead atoms. The minimum atomic E-state index is -3.69. The molecule has 0 aliphatic heterocycles. The van der Waals surface area contributed by atoms with Crippen LogP contribution in [0.3, 0.4) is 0 Å². The van der Waals surface area contributed by atoms with Gasteiger partial charge in [-0.25, -0.2) is 13.8 Å². The number of aromatic nitrogens is 1. The van der Waals surface area contributed by atoms with Crippen molar-refractivity contribution in [1.29, 1.82) is 0 Å². The van der Waals surface area contributed by atoms with Gasteiger partial charge < -0.3 is 0 Å². The monoisotopic (exact) mass is 394 g/mol. The molecule has 0 aliphatic rings. The van der Waals surface area contributed by atoms with E-state index in [1.165, 1.54) is 30.5 Å². The van der Waals surface area contributed by atoms with Crippen LogP contribution in [-0.2, 0) is 10.0 Å². The number of pyridine rings is 1. The number of benzene rings is 2. The maximum atomic E-state index is 12.4. The molecule has 0 aliphatic carbocycles. The van der Waals surface area contributed by atoms with Crippen molar-refractivity contribution in [3.05, 3.63) is 89.7 Å². The Morgan fingerprint density at radius 3 is 2.39 bits per heavy atom. The smallest absolute Gasteiger partial charge is 0.271 e. The molecule has 1 heterocycles. The molecule has 3 aromatic rings. The molecule has 0 spiro atoms. The number of amides is 1. The van der Waals surface area contributed by atoms with Crippen molar-refractivity contribution in [3.63, 3.8) is 0 Å². The lowest BCUT2D eigenvalue weighted by molar-refractivity contribution is 0.0955. The van der Waals surface area contributed by atoms with Crippen LogP contribution in [0.25, 0.3) is 0 Å². The Morgan fingerprint density at radius 1 is 1.04 bits per heavy atom. The first-order valence-electron chi connectivity index (χ1n) is 8.37. The van der Waals surface area contributed by atoms with E-state index in [2.05, 4.69) is 20.2 Å². The summed E-state index contributed by atoms with van der Waals surface area (Å²) in [4.78, 5) is 16.2. The van der Waals surface area contributed by atoms with Gasteiger partial charge in [-0.05, 0) is 49.4 Å². The van der Waals surface area contributed by atoms with Crippen molar-refractivity contribution >= 4 is 27.8 Å². The van der Waals surface area contributed by atoms with Gasteiger partial charge in [0, 0.05) is 29.2 Å². The van der Waals surface area contributed by atoms with E-state index >= 15 is 0 Å². The average Bonchev–Trinajstić information content (AvgIpc) is 2.69. The van der Waals surface area contributed by atoms with Crippen molar-refractivity contribution in [2.45, 2.75) is 11.8 Å². The van der Waals surface area contributed by atoms with E-state index < -0.39 is 15.9 Å². The summed E-state index contributed by atoms with van der Waals surface area (Å²) < 4.78 is 27.3. The van der Waals surface area contributed by atoms with Crippen LogP contribution in [0.5, 0.6) is 0 Å². The van der Waals surface area contributed by atoms with Gasteiger partial charge in [0.1, 0.15) is 0 Å². The van der Waals surface area contributed by atoms with Crippen molar-refractivity contribution in [1.82, 2.24) is 10.4 Å². The normalized spacial score (nSPS) is 11.3. The second kappa shape index (κ2) is 8.45. The molecule has 2 aromatic carbocycles. The maximum Gasteiger partial charge on any atom is 0.271 e. The number of anilines is 1. The predicted molar refractivity (Wildman–Crippen MR) is 108 cm³/mol. The molecular formula is C20H18N4O3S. The fraction of sp³-hybridized carbons (Fsp3) is 0.0500. The van der Waals surface area contributed by atoms with Crippen LogP contribution in [0.4, 0.5) is 5.69 Å². The Balaban J connectivity index is 1.63. The molecule has 2 N–H and O–H groups in total. The first-order valence-corrected chi connectivity index (χ1v) is 9.85. The molecule has 8 heteroatoms. The molecule has 0 fully saturated rings. The molecule has 3 rings (SSSR count). The number of hydrogen-bond acceptors (Lipinski definition) is 5. The van der Waals surface area contributed by atoms with Gasteiger partial charge in [0.15, 0.2) is 0 Å². The number of hydrogen-bond donors (Lipinski definition) is 2. The molecule has 0 unspecified atom stereocenters. The lowest BCUT2D eigenvalue weighted by Gasteiger charge is -2.09. The standard InChI is InChI=1S/C20H18N4O3S/c1-15-4-10-19(11-5-15)28(26,27)24-18-8-6-17(7-9-18)20(25)23-22-14-16-3-2-12-21-13-16/h2-14,24H,1H3,(H,23,25)/b22-14-. The second-order valence-corrected chi connectivity index (χ2v) is 7.66. The van der Waals surface area contributed by atoms with Crippen molar-refractivity contribution in [3.8, 4) is 0 Å². The minimum absolute atomic E-state index is 0.171. The molecule has 0 atom stereocenters. The third kappa shape index (κ3) is 5.01. The Morgan fingerprint density at radius 2 is 1.75 bits per heavy atom. The Hall–Kier alpha value is -3.52. The molecule has 0 saturated carbocycles. The van der Waals surface area contributed by atoms with Crippen LogP contribution in [0.2, 0.25) is 0 Å². The number of nitrogens with one attached hydrogen (secondary N) is 2. The summed E-state index contributed by atoms with van der Waals surface area (Å²) in [5.41, 5.74) is 4.84. The van der Waals surface area contributed by atoms with Crippen molar-refractivity contribution < 1.29 is 13.2 Å². The number of hydrazone groups is 1. The molecule has 142 valence electrons. The molecule has 0 saturated heterocycles. The van der Waals surface area contributed by atoms with Crippen molar-refractivity contribution in [2.24, 2.45) is 5.10 Å². The first-order chi connectivity index (χ1) is 13.4. The maximum absolute atomic E-state index is 12.4. The number of carbonyl (C=O) groups excluding carboxylic acids is 1. The van der Waals surface area contributed by atoms with E-state index in [1.54, 1.807) is 48.8 Å². The summed E-state index contributed by atoms with van der Waals surface area (Å²) in [6, 6.07) is 16.2. The Bertz CT molecular complexity index is 1080. The summed E-state index contributed by atoms with van der Waals surface area (Å²) in [5, 5.41) is 3.87. The molecule has 7 nitrogen and oxygen atoms in total. The van der Waals surface area contributed by atoms with Crippen LogP contribution in [0.1, 0.15) is 21.5 Å². The second-order valence-electron chi connectivity index (χ2n) is 5.98. The average molecular weight is 394 g/mol. The summed E-state index contributed by atoms with van der Waals surface area (Å²) in [6.45, 7) is 1.88. The van der Waals surface area contributed by atoms with E-state index in [0.717, 1.165) is 11.1 Å². The lowest BCUT2D eigenvalue weighted by atomic mass is 10.2. The van der Waals surface area contributed by atoms with Crippen LogP contribution < -0.4 is 10.1 Å². The highest BCUT2D eigenvalue weighted by Gasteiger charge is 2.14. The molecule has 1 aromatic heterocycles. The highest BCUT2D eigenvalue weighted by Crippen LogP contribution is 2.17. The van der Waals surface area contributed by atoms with E-state index in [-0.39, 0.29) is 4.90 Å². The van der Waals surface area contributed by atoms with E-state index in [1.807, 2.05) is 6.92 Å². The third-order valence-corrected chi connectivity index (χ3v) is 5.19. The first kappa shape index (κ1) is 19.2. The van der Waals surface area contributed by atoms with Gasteiger partial charge in [0.05, 0.1) is 11.1 Å². The van der Waals surface area contributed by atoms with Gasteiger partial charge in [-0.1, -0.05) is 23.8 Å². The number of rotatable bonds is 6. The predicted octanol–water partition coefficient (Wildman–Crippen LogP) is 2.95. The molecular weight excluding hydrogens is 376 g/mol. The molecule has 1 amide bonds. The van der Waals surface area contributed by atoms with Gasteiger partial charge in [-0.2, -0.15) is 5.10 Å². The minimum Gasteiger partial charge on any atom is -0.280 e. The fourth-order valence-corrected chi connectivity index (χ4v) is 3.36. The summed E-state index contributed by atoms with van der Waals surface area (Å²) >= 11 is 0. The van der Waals surface area contributed by atoms with E-state index in [4.69, 9.17) is 0 Å². The van der Waals surface area contributed by atoms with Crippen LogP contribution in [-0.4, -0.2) is 25.5 Å². The molecule has 28 heavy (non-hydrogen) atoms. The lowest BCUT2D eigenvalue weighted by Crippen LogP contribution is -2.18. The van der Waals surface area contributed by atoms with Gasteiger partial charge in [-0.15, -0.1) is 0 Å². The highest BCUT2D eigenvalue weighted by atomic mass is 32.2. The van der Waals surface area contributed by atoms with Gasteiger partial charge >= 0.3 is 0 Å². The summed E-state index contributed by atoms with van der Waals surface area (Å²) in [5.74, 6) is -0.409. The van der Waals surface area contributed by atoms with Gasteiger partial charge in [0.25, 0.3) is 15.9 Å². The zero-order valence-corrected chi connectivity index (χ0v) is 15.8. The SMILES string of the molecule is Cc1ccc(S(=O)(=O)Nc2ccc(C(=O)N/N=C\c3cccnc3)cc2)cc1. The van der Waals surface area contributed by atoms with Crippen LogP contribution in [0.15, 0.2) is 83.1 Å². The number of aryl methyl sites for hydroxylation is 1. The number of carbonyl (C=O) groups is 1. The zero-order valence-electron chi connectivity index (χ0n) is 15.0. The third-order valence-electron chi connectivity index (χ3n) is 3.79. The van der Waals surface area contributed by atoms with Gasteiger partial charge in [-0.3, -0.25) is 14.5 Å². The van der Waals surface area contributed by atoms with Gasteiger partial charge in [0.2, 0.25) is 0 Å². The molecule has 0 radical (unpaired) electrons. The van der Waals surface area contributed by atoms with E-state index in [9.17, 15) is 13.2 Å². The number of sulfonamides is 1. The Labute approximate surface area is 163 Å².